The molecule has 3 nitrogen and oxygen atoms in total. The second-order valence-electron chi connectivity index (χ2n) is 3.79. The largest absolute Gasteiger partial charge is 0.241 e. The van der Waals surface area contributed by atoms with Crippen molar-refractivity contribution < 1.29 is 8.42 Å². The normalized spacial score (nSPS) is 11.4. The van der Waals surface area contributed by atoms with Gasteiger partial charge >= 0.3 is 0 Å². The van der Waals surface area contributed by atoms with Crippen molar-refractivity contribution in [3.05, 3.63) is 54.6 Å². The minimum atomic E-state index is -3.45. The Bertz CT molecular complexity index is 621. The topological polar surface area (TPSA) is 46.2 Å². The minimum Gasteiger partial charge on any atom is -0.211 e. The van der Waals surface area contributed by atoms with E-state index in [1.165, 1.54) is 0 Å². The molecule has 2 aromatic rings. The molecule has 18 heavy (non-hydrogen) atoms. The number of hydrogen-bond acceptors (Lipinski definition) is 2. The summed E-state index contributed by atoms with van der Waals surface area (Å²) >= 11 is 0. The van der Waals surface area contributed by atoms with Gasteiger partial charge in [0.2, 0.25) is 10.0 Å². The van der Waals surface area contributed by atoms with Crippen molar-refractivity contribution in [1.82, 2.24) is 4.72 Å². The molecule has 1 N–H and O–H groups in total. The van der Waals surface area contributed by atoms with E-state index in [0.29, 0.717) is 17.0 Å². The molecule has 0 fully saturated rings. The van der Waals surface area contributed by atoms with Gasteiger partial charge in [0.1, 0.15) is 0 Å². The van der Waals surface area contributed by atoms with Gasteiger partial charge in [0.05, 0.1) is 4.90 Å². The molecule has 0 saturated carbocycles. The highest BCUT2D eigenvalue weighted by Crippen LogP contribution is 2.26. The first-order valence-electron chi connectivity index (χ1n) is 5.70. The van der Waals surface area contributed by atoms with Gasteiger partial charge in [-0.25, -0.2) is 13.1 Å². The highest BCUT2D eigenvalue weighted by atomic mass is 32.2. The van der Waals surface area contributed by atoms with Crippen LogP contribution < -0.4 is 4.72 Å². The minimum absolute atomic E-state index is 0.304. The monoisotopic (exact) mass is 260 g/mol. The van der Waals surface area contributed by atoms with Crippen molar-refractivity contribution in [3.63, 3.8) is 0 Å². The fourth-order valence-corrected chi connectivity index (χ4v) is 3.04. The molecule has 0 amide bonds. The summed E-state index contributed by atoms with van der Waals surface area (Å²) in [6, 6.07) is 17.1. The fourth-order valence-electron chi connectivity index (χ4n) is 1.77. The molecule has 0 bridgehead atoms. The van der Waals surface area contributed by atoms with E-state index in [0.717, 1.165) is 5.56 Å². The standard InChI is InChI=1S/C14H14NO2S/c1-2-15-18(16,17)14-11-7-6-10-13(14)12-8-4-3-5-9-12/h4-11,15H,2H2,1H3. The molecule has 0 aliphatic rings. The zero-order valence-electron chi connectivity index (χ0n) is 10.1. The maximum absolute atomic E-state index is 12.1. The summed E-state index contributed by atoms with van der Waals surface area (Å²) in [6.07, 6.45) is 0. The molecule has 0 unspecified atom stereocenters. The van der Waals surface area contributed by atoms with Crippen LogP contribution in [0.2, 0.25) is 0 Å². The molecule has 2 rings (SSSR count). The SMILES string of the molecule is CCNS(=O)(=O)c1ccccc1-c1cc[c]cc1. The first-order valence-corrected chi connectivity index (χ1v) is 7.18. The maximum atomic E-state index is 12.1. The molecule has 1 radical (unpaired) electrons. The van der Waals surface area contributed by atoms with E-state index < -0.39 is 10.0 Å². The van der Waals surface area contributed by atoms with Crippen molar-refractivity contribution in [3.8, 4) is 11.1 Å². The van der Waals surface area contributed by atoms with E-state index in [1.54, 1.807) is 37.3 Å². The molecule has 93 valence electrons. The molecule has 4 heteroatoms. The molecule has 0 saturated heterocycles. The number of rotatable bonds is 4. The molecule has 0 spiro atoms. The summed E-state index contributed by atoms with van der Waals surface area (Å²) in [5.74, 6) is 0. The summed E-state index contributed by atoms with van der Waals surface area (Å²) in [4.78, 5) is 0.304. The van der Waals surface area contributed by atoms with Crippen LogP contribution in [0.25, 0.3) is 11.1 Å². The summed E-state index contributed by atoms with van der Waals surface area (Å²) in [7, 11) is -3.45. The Morgan fingerprint density at radius 1 is 1.11 bits per heavy atom. The third-order valence-electron chi connectivity index (χ3n) is 2.54. The van der Waals surface area contributed by atoms with Gasteiger partial charge in [-0.15, -0.1) is 0 Å². The van der Waals surface area contributed by atoms with Gasteiger partial charge in [-0.3, -0.25) is 0 Å². The van der Waals surface area contributed by atoms with Crippen LogP contribution in [0.5, 0.6) is 0 Å². The number of sulfonamides is 1. The second kappa shape index (κ2) is 5.33. The molecule has 0 aromatic heterocycles. The first-order chi connectivity index (χ1) is 8.65. The number of hydrogen-bond donors (Lipinski definition) is 1. The van der Waals surface area contributed by atoms with Crippen LogP contribution in [-0.4, -0.2) is 15.0 Å². The van der Waals surface area contributed by atoms with Gasteiger partial charge in [-0.2, -0.15) is 0 Å². The van der Waals surface area contributed by atoms with Crippen LogP contribution in [0.15, 0.2) is 53.4 Å². The van der Waals surface area contributed by atoms with Crippen molar-refractivity contribution >= 4 is 10.0 Å². The van der Waals surface area contributed by atoms with E-state index in [1.807, 2.05) is 18.2 Å². The molecule has 0 atom stereocenters. The molecular weight excluding hydrogens is 246 g/mol. The van der Waals surface area contributed by atoms with Crippen LogP contribution in [-0.2, 0) is 10.0 Å². The van der Waals surface area contributed by atoms with Crippen molar-refractivity contribution in [1.29, 1.82) is 0 Å². The maximum Gasteiger partial charge on any atom is 0.241 e. The first kappa shape index (κ1) is 12.8. The van der Waals surface area contributed by atoms with Crippen molar-refractivity contribution in [2.45, 2.75) is 11.8 Å². The van der Waals surface area contributed by atoms with Gasteiger partial charge in [0, 0.05) is 12.1 Å². The lowest BCUT2D eigenvalue weighted by Crippen LogP contribution is -2.23. The van der Waals surface area contributed by atoms with Gasteiger partial charge in [-0.1, -0.05) is 49.4 Å². The molecular formula is C14H14NO2S. The van der Waals surface area contributed by atoms with Crippen molar-refractivity contribution in [2.75, 3.05) is 6.54 Å². The van der Waals surface area contributed by atoms with E-state index in [4.69, 9.17) is 0 Å². The summed E-state index contributed by atoms with van der Waals surface area (Å²) in [5, 5.41) is 0. The third-order valence-corrected chi connectivity index (χ3v) is 4.14. The Balaban J connectivity index is 2.58. The number of nitrogens with one attached hydrogen (secondary N) is 1. The summed E-state index contributed by atoms with van der Waals surface area (Å²) in [6.45, 7) is 2.14. The lowest BCUT2D eigenvalue weighted by molar-refractivity contribution is 0.584. The highest BCUT2D eigenvalue weighted by molar-refractivity contribution is 7.89. The predicted octanol–water partition coefficient (Wildman–Crippen LogP) is 2.45. The fraction of sp³-hybridized carbons (Fsp3) is 0.143. The van der Waals surface area contributed by atoms with Crippen LogP contribution in [0.3, 0.4) is 0 Å². The molecule has 0 aliphatic heterocycles. The second-order valence-corrected chi connectivity index (χ2v) is 5.52. The average molecular weight is 260 g/mol. The Kier molecular flexibility index (Phi) is 3.79. The van der Waals surface area contributed by atoms with Crippen LogP contribution in [0, 0.1) is 6.07 Å². The Morgan fingerprint density at radius 3 is 2.44 bits per heavy atom. The zero-order chi connectivity index (χ0) is 13.0. The smallest absolute Gasteiger partial charge is 0.211 e. The van der Waals surface area contributed by atoms with Crippen LogP contribution in [0.1, 0.15) is 6.92 Å². The van der Waals surface area contributed by atoms with E-state index in [-0.39, 0.29) is 0 Å². The summed E-state index contributed by atoms with van der Waals surface area (Å²) < 4.78 is 26.7. The van der Waals surface area contributed by atoms with E-state index in [2.05, 4.69) is 10.8 Å². The van der Waals surface area contributed by atoms with Crippen LogP contribution >= 0.6 is 0 Å². The van der Waals surface area contributed by atoms with Gasteiger partial charge in [0.15, 0.2) is 0 Å². The quantitative estimate of drug-likeness (QED) is 0.917. The average Bonchev–Trinajstić information content (AvgIpc) is 2.40. The Morgan fingerprint density at radius 2 is 1.78 bits per heavy atom. The third kappa shape index (κ3) is 2.60. The molecule has 0 aliphatic carbocycles. The van der Waals surface area contributed by atoms with Gasteiger partial charge in [0.25, 0.3) is 0 Å². The zero-order valence-corrected chi connectivity index (χ0v) is 10.9. The Labute approximate surface area is 108 Å². The number of benzene rings is 2. The lowest BCUT2D eigenvalue weighted by Gasteiger charge is -2.10. The highest BCUT2D eigenvalue weighted by Gasteiger charge is 2.17. The van der Waals surface area contributed by atoms with Crippen LogP contribution in [0.4, 0.5) is 0 Å². The van der Waals surface area contributed by atoms with Gasteiger partial charge in [-0.05, 0) is 17.7 Å². The van der Waals surface area contributed by atoms with E-state index in [9.17, 15) is 8.42 Å². The molecule has 0 heterocycles. The van der Waals surface area contributed by atoms with Gasteiger partial charge < -0.3 is 0 Å². The predicted molar refractivity (Wildman–Crippen MR) is 71.6 cm³/mol. The molecule has 2 aromatic carbocycles. The Hall–Kier alpha value is -1.65. The lowest BCUT2D eigenvalue weighted by atomic mass is 10.1. The van der Waals surface area contributed by atoms with E-state index >= 15 is 0 Å². The van der Waals surface area contributed by atoms with Crippen molar-refractivity contribution in [2.24, 2.45) is 0 Å². The summed E-state index contributed by atoms with van der Waals surface area (Å²) in [5.41, 5.74) is 1.57.